The summed E-state index contributed by atoms with van der Waals surface area (Å²) < 4.78 is 10.2. The van der Waals surface area contributed by atoms with Crippen LogP contribution in [-0.2, 0) is 15.9 Å². The van der Waals surface area contributed by atoms with Gasteiger partial charge < -0.3 is 14.8 Å². The Hall–Kier alpha value is -1.93. The van der Waals surface area contributed by atoms with Crippen molar-refractivity contribution in [1.29, 1.82) is 0 Å². The van der Waals surface area contributed by atoms with Crippen LogP contribution in [0.3, 0.4) is 0 Å². The predicted octanol–water partition coefficient (Wildman–Crippen LogP) is 4.80. The number of urea groups is 1. The van der Waals surface area contributed by atoms with Crippen LogP contribution in [0.25, 0.3) is 0 Å². The SMILES string of the molecule is CCCCCCCCCCCCCc1cc(=O)[nH]c(NC(=O)NCCCOCCOC)n1. The van der Waals surface area contributed by atoms with Crippen molar-refractivity contribution in [3.63, 3.8) is 0 Å². The minimum absolute atomic E-state index is 0.185. The van der Waals surface area contributed by atoms with Gasteiger partial charge in [-0.25, -0.2) is 9.78 Å². The number of hydrogen-bond acceptors (Lipinski definition) is 5. The topological polar surface area (TPSA) is 105 Å². The number of methoxy groups -OCH3 is 1. The van der Waals surface area contributed by atoms with E-state index in [2.05, 4.69) is 27.5 Å². The van der Waals surface area contributed by atoms with Gasteiger partial charge in [0.2, 0.25) is 5.95 Å². The molecule has 0 spiro atoms. The lowest BCUT2D eigenvalue weighted by Gasteiger charge is -2.08. The van der Waals surface area contributed by atoms with Crippen LogP contribution in [-0.4, -0.2) is 49.5 Å². The first-order chi connectivity index (χ1) is 15.7. The molecular formula is C24H44N4O4. The summed E-state index contributed by atoms with van der Waals surface area (Å²) in [5, 5.41) is 5.33. The molecular weight excluding hydrogens is 408 g/mol. The van der Waals surface area contributed by atoms with E-state index in [-0.39, 0.29) is 11.5 Å². The summed E-state index contributed by atoms with van der Waals surface area (Å²) in [6.07, 6.45) is 15.5. The number of carbonyl (C=O) groups is 1. The van der Waals surface area contributed by atoms with E-state index in [9.17, 15) is 9.59 Å². The molecule has 0 radical (unpaired) electrons. The molecule has 0 aliphatic heterocycles. The molecule has 0 atom stereocenters. The quantitative estimate of drug-likeness (QED) is 0.247. The number of H-pyrrole nitrogens is 1. The first-order valence-electron chi connectivity index (χ1n) is 12.4. The highest BCUT2D eigenvalue weighted by Crippen LogP contribution is 2.12. The lowest BCUT2D eigenvalue weighted by Crippen LogP contribution is -2.31. The Bertz CT molecular complexity index is 651. The molecule has 0 fully saturated rings. The van der Waals surface area contributed by atoms with E-state index in [0.29, 0.717) is 38.5 Å². The zero-order valence-electron chi connectivity index (χ0n) is 20.2. The van der Waals surface area contributed by atoms with Crippen molar-refractivity contribution in [2.45, 2.75) is 90.4 Å². The molecule has 0 saturated heterocycles. The van der Waals surface area contributed by atoms with Gasteiger partial charge in [0, 0.05) is 32.0 Å². The molecule has 0 unspecified atom stereocenters. The fraction of sp³-hybridized carbons (Fsp3) is 0.792. The van der Waals surface area contributed by atoms with Gasteiger partial charge in [0.05, 0.1) is 13.2 Å². The first kappa shape index (κ1) is 28.1. The van der Waals surface area contributed by atoms with Crippen molar-refractivity contribution >= 4 is 12.0 Å². The van der Waals surface area contributed by atoms with Crippen molar-refractivity contribution < 1.29 is 14.3 Å². The average Bonchev–Trinajstić information content (AvgIpc) is 2.76. The zero-order chi connectivity index (χ0) is 23.3. The third-order valence-corrected chi connectivity index (χ3v) is 5.25. The second-order valence-electron chi connectivity index (χ2n) is 8.21. The van der Waals surface area contributed by atoms with Gasteiger partial charge in [0.1, 0.15) is 0 Å². The third-order valence-electron chi connectivity index (χ3n) is 5.25. The maximum atomic E-state index is 12.0. The largest absolute Gasteiger partial charge is 0.382 e. The number of rotatable bonds is 20. The Balaban J connectivity index is 2.15. The molecule has 8 nitrogen and oxygen atoms in total. The van der Waals surface area contributed by atoms with E-state index >= 15 is 0 Å². The Morgan fingerprint density at radius 3 is 2.25 bits per heavy atom. The highest BCUT2D eigenvalue weighted by Gasteiger charge is 2.06. The fourth-order valence-corrected chi connectivity index (χ4v) is 3.44. The lowest BCUT2D eigenvalue weighted by atomic mass is 10.0. The molecule has 1 heterocycles. The number of ether oxygens (including phenoxy) is 2. The van der Waals surface area contributed by atoms with Crippen molar-refractivity contribution in [3.05, 3.63) is 22.1 Å². The number of nitrogens with one attached hydrogen (secondary N) is 3. The van der Waals surface area contributed by atoms with E-state index in [4.69, 9.17) is 9.47 Å². The van der Waals surface area contributed by atoms with Crippen molar-refractivity contribution in [2.24, 2.45) is 0 Å². The van der Waals surface area contributed by atoms with Gasteiger partial charge in [0.15, 0.2) is 0 Å². The minimum Gasteiger partial charge on any atom is -0.382 e. The summed E-state index contributed by atoms with van der Waals surface area (Å²) in [6.45, 7) is 4.37. The molecule has 1 rings (SSSR count). The second kappa shape index (κ2) is 19.7. The first-order valence-corrected chi connectivity index (χ1v) is 12.4. The third kappa shape index (κ3) is 15.8. The minimum atomic E-state index is -0.392. The molecule has 1 aromatic rings. The van der Waals surface area contributed by atoms with Crippen LogP contribution in [0, 0.1) is 0 Å². The number of nitrogens with zero attached hydrogens (tertiary/aromatic N) is 1. The van der Waals surface area contributed by atoms with Crippen molar-refractivity contribution in [3.8, 4) is 0 Å². The molecule has 8 heteroatoms. The fourth-order valence-electron chi connectivity index (χ4n) is 3.44. The summed E-state index contributed by atoms with van der Waals surface area (Å²) >= 11 is 0. The second-order valence-corrected chi connectivity index (χ2v) is 8.21. The summed E-state index contributed by atoms with van der Waals surface area (Å²) in [5.74, 6) is 0.185. The van der Waals surface area contributed by atoms with Gasteiger partial charge in [-0.3, -0.25) is 15.1 Å². The van der Waals surface area contributed by atoms with E-state index in [0.717, 1.165) is 19.3 Å². The maximum absolute atomic E-state index is 12.0. The van der Waals surface area contributed by atoms with Crippen LogP contribution in [0.1, 0.15) is 89.7 Å². The maximum Gasteiger partial charge on any atom is 0.321 e. The molecule has 0 saturated carbocycles. The summed E-state index contributed by atoms with van der Waals surface area (Å²) in [5.41, 5.74) is 0.464. The van der Waals surface area contributed by atoms with Gasteiger partial charge in [-0.2, -0.15) is 0 Å². The number of aromatic nitrogens is 2. The molecule has 32 heavy (non-hydrogen) atoms. The lowest BCUT2D eigenvalue weighted by molar-refractivity contribution is 0.0697. The van der Waals surface area contributed by atoms with Crippen LogP contribution in [0.4, 0.5) is 10.7 Å². The average molecular weight is 453 g/mol. The highest BCUT2D eigenvalue weighted by molar-refractivity contribution is 5.87. The van der Waals surface area contributed by atoms with Crippen LogP contribution in [0.15, 0.2) is 10.9 Å². The zero-order valence-corrected chi connectivity index (χ0v) is 20.2. The smallest absolute Gasteiger partial charge is 0.321 e. The van der Waals surface area contributed by atoms with E-state index < -0.39 is 6.03 Å². The number of aryl methyl sites for hydroxylation is 1. The molecule has 0 aliphatic rings. The van der Waals surface area contributed by atoms with Gasteiger partial charge in [0.25, 0.3) is 5.56 Å². The van der Waals surface area contributed by atoms with Gasteiger partial charge in [-0.05, 0) is 19.3 Å². The molecule has 184 valence electrons. The van der Waals surface area contributed by atoms with Crippen LogP contribution >= 0.6 is 0 Å². The van der Waals surface area contributed by atoms with Crippen molar-refractivity contribution in [2.75, 3.05) is 38.8 Å². The number of aromatic amines is 1. The Morgan fingerprint density at radius 1 is 0.938 bits per heavy atom. The standard InChI is InChI=1S/C24H44N4O4/c1-3-4-5-6-7-8-9-10-11-12-13-15-21-20-22(29)27-23(26-21)28-24(30)25-16-14-17-32-19-18-31-2/h20H,3-19H2,1-2H3,(H3,25,26,27,28,29,30). The molecule has 0 aromatic carbocycles. The summed E-state index contributed by atoms with van der Waals surface area (Å²) in [7, 11) is 1.63. The molecule has 0 aliphatic carbocycles. The van der Waals surface area contributed by atoms with Crippen LogP contribution in [0.5, 0.6) is 0 Å². The normalized spacial score (nSPS) is 10.9. The Labute approximate surface area is 193 Å². The number of anilines is 1. The van der Waals surface area contributed by atoms with E-state index in [1.165, 1.54) is 63.9 Å². The van der Waals surface area contributed by atoms with Crippen LogP contribution in [0.2, 0.25) is 0 Å². The predicted molar refractivity (Wildman–Crippen MR) is 129 cm³/mol. The molecule has 3 N–H and O–H groups in total. The number of carbonyl (C=O) groups excluding carboxylic acids is 1. The summed E-state index contributed by atoms with van der Waals surface area (Å²) in [6, 6.07) is 1.12. The van der Waals surface area contributed by atoms with Crippen LogP contribution < -0.4 is 16.2 Å². The highest BCUT2D eigenvalue weighted by atomic mass is 16.5. The molecule has 0 bridgehead atoms. The molecule has 1 aromatic heterocycles. The molecule has 2 amide bonds. The Morgan fingerprint density at radius 2 is 1.59 bits per heavy atom. The van der Waals surface area contributed by atoms with Crippen molar-refractivity contribution in [1.82, 2.24) is 15.3 Å². The van der Waals surface area contributed by atoms with Gasteiger partial charge in [-0.1, -0.05) is 71.1 Å². The van der Waals surface area contributed by atoms with Gasteiger partial charge >= 0.3 is 6.03 Å². The monoisotopic (exact) mass is 452 g/mol. The van der Waals surface area contributed by atoms with E-state index in [1.54, 1.807) is 7.11 Å². The number of amides is 2. The van der Waals surface area contributed by atoms with Gasteiger partial charge in [-0.15, -0.1) is 0 Å². The Kier molecular flexibility index (Phi) is 17.3. The number of hydrogen-bond donors (Lipinski definition) is 3. The summed E-state index contributed by atoms with van der Waals surface area (Å²) in [4.78, 5) is 30.8. The van der Waals surface area contributed by atoms with E-state index in [1.807, 2.05) is 0 Å². The number of unbranched alkanes of at least 4 members (excludes halogenated alkanes) is 10.